The first-order chi connectivity index (χ1) is 10.6. The minimum absolute atomic E-state index is 0. The first-order valence-electron chi connectivity index (χ1n) is 8.47. The topological polar surface area (TPSA) is 76.8 Å². The molecule has 1 heterocycles. The molecule has 3 N–H and O–H groups in total. The maximum atomic E-state index is 12.3. The van der Waals surface area contributed by atoms with E-state index in [0.717, 1.165) is 39.1 Å². The number of nitrogens with zero attached hydrogens (tertiary/aromatic N) is 1. The molecule has 144 valence electrons. The van der Waals surface area contributed by atoms with Crippen molar-refractivity contribution in [3.63, 3.8) is 0 Å². The summed E-state index contributed by atoms with van der Waals surface area (Å²) in [6.07, 6.45) is 4.91. The molecule has 0 aromatic rings. The fraction of sp³-hybridized carbons (Fsp3) is 0.938. The highest BCUT2D eigenvalue weighted by Gasteiger charge is 2.44. The van der Waals surface area contributed by atoms with E-state index >= 15 is 0 Å². The second kappa shape index (κ2) is 11.5. The van der Waals surface area contributed by atoms with Gasteiger partial charge in [-0.3, -0.25) is 9.69 Å². The first kappa shape index (κ1) is 23.9. The van der Waals surface area contributed by atoms with E-state index in [9.17, 15) is 4.79 Å². The zero-order chi connectivity index (χ0) is 16.0. The van der Waals surface area contributed by atoms with Gasteiger partial charge in [0.2, 0.25) is 5.91 Å². The van der Waals surface area contributed by atoms with Crippen LogP contribution in [0, 0.1) is 0 Å². The number of nitrogens with two attached hydrogens (primary N) is 1. The normalized spacial score (nSPS) is 22.8. The van der Waals surface area contributed by atoms with Crippen LogP contribution >= 0.6 is 24.8 Å². The van der Waals surface area contributed by atoms with E-state index in [1.807, 2.05) is 0 Å². The lowest BCUT2D eigenvalue weighted by Gasteiger charge is -2.47. The Labute approximate surface area is 158 Å². The van der Waals surface area contributed by atoms with E-state index < -0.39 is 0 Å². The van der Waals surface area contributed by atoms with Crippen LogP contribution in [0.15, 0.2) is 0 Å². The maximum Gasteiger partial charge on any atom is 0.222 e. The Kier molecular flexibility index (Phi) is 11.4. The van der Waals surface area contributed by atoms with Gasteiger partial charge in [-0.05, 0) is 19.8 Å². The van der Waals surface area contributed by atoms with Crippen molar-refractivity contribution in [2.24, 2.45) is 5.73 Å². The van der Waals surface area contributed by atoms with Crippen molar-refractivity contribution in [1.82, 2.24) is 10.2 Å². The van der Waals surface area contributed by atoms with Gasteiger partial charge in [0.15, 0.2) is 0 Å². The van der Waals surface area contributed by atoms with Crippen LogP contribution in [0.3, 0.4) is 0 Å². The number of amides is 1. The van der Waals surface area contributed by atoms with Crippen LogP contribution in [0.5, 0.6) is 0 Å². The zero-order valence-corrected chi connectivity index (χ0v) is 16.4. The molecule has 8 heteroatoms. The van der Waals surface area contributed by atoms with Crippen molar-refractivity contribution in [3.8, 4) is 0 Å². The van der Waals surface area contributed by atoms with Crippen LogP contribution in [0.25, 0.3) is 0 Å². The number of carbonyl (C=O) groups is 1. The number of methoxy groups -OCH3 is 1. The summed E-state index contributed by atoms with van der Waals surface area (Å²) in [5.74, 6) is 0.0318. The van der Waals surface area contributed by atoms with Gasteiger partial charge < -0.3 is 20.5 Å². The quantitative estimate of drug-likeness (QED) is 0.691. The molecule has 0 radical (unpaired) electrons. The summed E-state index contributed by atoms with van der Waals surface area (Å²) in [5.41, 5.74) is 5.69. The molecular formula is C16H33Cl2N3O3. The molecule has 6 nitrogen and oxygen atoms in total. The molecule has 1 amide bonds. The third kappa shape index (κ3) is 5.71. The van der Waals surface area contributed by atoms with E-state index in [0.29, 0.717) is 13.0 Å². The second-order valence-corrected chi connectivity index (χ2v) is 6.50. The van der Waals surface area contributed by atoms with Crippen LogP contribution in [-0.4, -0.2) is 68.4 Å². The van der Waals surface area contributed by atoms with Gasteiger partial charge in [0.25, 0.3) is 0 Å². The molecule has 1 saturated heterocycles. The summed E-state index contributed by atoms with van der Waals surface area (Å²) in [6.45, 7) is 6.02. The zero-order valence-electron chi connectivity index (χ0n) is 14.8. The molecule has 2 unspecified atom stereocenters. The molecule has 2 rings (SSSR count). The standard InChI is InChI=1S/C16H31N3O3.2ClH/c1-13(18-15(20)11-14(12-17)21-2)16(5-3-4-6-16)19-7-9-22-10-8-19;;/h13-14H,3-12,17H2,1-2H3,(H,18,20);2*1H. The highest BCUT2D eigenvalue weighted by molar-refractivity contribution is 5.85. The number of hydrogen-bond acceptors (Lipinski definition) is 5. The predicted octanol–water partition coefficient (Wildman–Crippen LogP) is 1.34. The van der Waals surface area contributed by atoms with Crippen molar-refractivity contribution >= 4 is 30.7 Å². The fourth-order valence-electron chi connectivity index (χ4n) is 3.92. The molecule has 1 saturated carbocycles. The summed E-state index contributed by atoms with van der Waals surface area (Å²) in [6, 6.07) is 0.135. The number of halogens is 2. The van der Waals surface area contributed by atoms with E-state index in [-0.39, 0.29) is 48.4 Å². The SMILES string of the molecule is COC(CN)CC(=O)NC(C)C1(N2CCOCC2)CCCC1.Cl.Cl. The van der Waals surface area contributed by atoms with E-state index in [1.165, 1.54) is 12.8 Å². The molecule has 1 aliphatic heterocycles. The van der Waals surface area contributed by atoms with Crippen molar-refractivity contribution in [3.05, 3.63) is 0 Å². The molecule has 1 aliphatic carbocycles. The third-order valence-electron chi connectivity index (χ3n) is 5.30. The van der Waals surface area contributed by atoms with E-state index in [1.54, 1.807) is 7.11 Å². The van der Waals surface area contributed by atoms with E-state index in [4.69, 9.17) is 15.2 Å². The van der Waals surface area contributed by atoms with Crippen LogP contribution in [0.2, 0.25) is 0 Å². The van der Waals surface area contributed by atoms with Crippen molar-refractivity contribution in [1.29, 1.82) is 0 Å². The first-order valence-corrected chi connectivity index (χ1v) is 8.47. The lowest BCUT2D eigenvalue weighted by molar-refractivity contribution is -0.125. The molecule has 0 aromatic carbocycles. The highest BCUT2D eigenvalue weighted by atomic mass is 35.5. The molecule has 2 atom stereocenters. The molecule has 2 aliphatic rings. The Balaban J connectivity index is 0.00000264. The Morgan fingerprint density at radius 1 is 1.29 bits per heavy atom. The average Bonchev–Trinajstić information content (AvgIpc) is 3.04. The summed E-state index contributed by atoms with van der Waals surface area (Å²) in [5, 5.41) is 3.20. The summed E-state index contributed by atoms with van der Waals surface area (Å²) >= 11 is 0. The smallest absolute Gasteiger partial charge is 0.222 e. The van der Waals surface area contributed by atoms with Crippen molar-refractivity contribution in [2.45, 2.75) is 56.7 Å². The fourth-order valence-corrected chi connectivity index (χ4v) is 3.92. The second-order valence-electron chi connectivity index (χ2n) is 6.50. The van der Waals surface area contributed by atoms with Crippen molar-refractivity contribution < 1.29 is 14.3 Å². The predicted molar refractivity (Wildman–Crippen MR) is 100 cm³/mol. The number of carbonyl (C=O) groups excluding carboxylic acids is 1. The van der Waals surface area contributed by atoms with Crippen LogP contribution < -0.4 is 11.1 Å². The number of rotatable bonds is 7. The van der Waals surface area contributed by atoms with Crippen LogP contribution in [0.4, 0.5) is 0 Å². The minimum atomic E-state index is -0.199. The van der Waals surface area contributed by atoms with Gasteiger partial charge in [0.1, 0.15) is 0 Å². The molecule has 0 aromatic heterocycles. The number of nitrogens with one attached hydrogen (secondary N) is 1. The van der Waals surface area contributed by atoms with Crippen molar-refractivity contribution in [2.75, 3.05) is 40.0 Å². The van der Waals surface area contributed by atoms with Gasteiger partial charge >= 0.3 is 0 Å². The molecular weight excluding hydrogens is 353 g/mol. The van der Waals surface area contributed by atoms with Gasteiger partial charge in [-0.2, -0.15) is 0 Å². The Morgan fingerprint density at radius 3 is 2.38 bits per heavy atom. The maximum absolute atomic E-state index is 12.3. The lowest BCUT2D eigenvalue weighted by Crippen LogP contribution is -2.62. The van der Waals surface area contributed by atoms with Gasteiger partial charge in [0.05, 0.1) is 25.7 Å². The molecule has 2 fully saturated rings. The van der Waals surface area contributed by atoms with Gasteiger partial charge in [-0.25, -0.2) is 0 Å². The summed E-state index contributed by atoms with van der Waals surface area (Å²) in [4.78, 5) is 14.8. The summed E-state index contributed by atoms with van der Waals surface area (Å²) < 4.78 is 10.7. The monoisotopic (exact) mass is 385 g/mol. The number of ether oxygens (including phenoxy) is 2. The summed E-state index contributed by atoms with van der Waals surface area (Å²) in [7, 11) is 1.60. The Hall–Kier alpha value is -0.110. The Bertz CT molecular complexity index is 358. The highest BCUT2D eigenvalue weighted by Crippen LogP contribution is 2.38. The van der Waals surface area contributed by atoms with Gasteiger partial charge in [-0.1, -0.05) is 12.8 Å². The molecule has 24 heavy (non-hydrogen) atoms. The Morgan fingerprint density at radius 2 is 1.88 bits per heavy atom. The number of hydrogen-bond donors (Lipinski definition) is 2. The minimum Gasteiger partial charge on any atom is -0.380 e. The number of morpholine rings is 1. The van der Waals surface area contributed by atoms with Crippen LogP contribution in [0.1, 0.15) is 39.0 Å². The van der Waals surface area contributed by atoms with Crippen LogP contribution in [-0.2, 0) is 14.3 Å². The largest absolute Gasteiger partial charge is 0.380 e. The average molecular weight is 386 g/mol. The van der Waals surface area contributed by atoms with Gasteiger partial charge in [-0.15, -0.1) is 24.8 Å². The molecule has 0 spiro atoms. The van der Waals surface area contributed by atoms with Gasteiger partial charge in [0, 0.05) is 38.3 Å². The van der Waals surface area contributed by atoms with E-state index in [2.05, 4.69) is 17.1 Å². The lowest BCUT2D eigenvalue weighted by atomic mass is 9.86. The molecule has 0 bridgehead atoms. The third-order valence-corrected chi connectivity index (χ3v) is 5.30.